The van der Waals surface area contributed by atoms with E-state index in [2.05, 4.69) is 10.6 Å². The van der Waals surface area contributed by atoms with Crippen LogP contribution in [0.15, 0.2) is 83.8 Å². The maximum absolute atomic E-state index is 13.5. The minimum absolute atomic E-state index is 0.0555. The third kappa shape index (κ3) is 6.33. The van der Waals surface area contributed by atoms with Gasteiger partial charge in [0.2, 0.25) is 5.91 Å². The van der Waals surface area contributed by atoms with Gasteiger partial charge in [-0.15, -0.1) is 0 Å². The first-order valence-corrected chi connectivity index (χ1v) is 13.3. The van der Waals surface area contributed by atoms with Crippen molar-refractivity contribution in [3.63, 3.8) is 0 Å². The van der Waals surface area contributed by atoms with E-state index >= 15 is 0 Å². The van der Waals surface area contributed by atoms with Gasteiger partial charge in [-0.1, -0.05) is 30.3 Å². The fraction of sp³-hybridized carbons (Fsp3) is 0.231. The second kappa shape index (κ2) is 11.8. The van der Waals surface area contributed by atoms with Crippen LogP contribution in [0.25, 0.3) is 0 Å². The van der Waals surface area contributed by atoms with E-state index in [0.29, 0.717) is 13.2 Å². The normalized spacial score (nSPS) is 15.0. The monoisotopic (exact) mass is 538 g/mol. The molecule has 198 valence electrons. The first kappa shape index (κ1) is 26.8. The van der Waals surface area contributed by atoms with Crippen molar-refractivity contribution in [3.05, 3.63) is 94.5 Å². The second-order valence-corrected chi connectivity index (χ2v) is 10.4. The van der Waals surface area contributed by atoms with E-state index < -0.39 is 33.3 Å². The predicted octanol–water partition coefficient (Wildman–Crippen LogP) is 3.34. The fourth-order valence-corrected chi connectivity index (χ4v) is 5.43. The van der Waals surface area contributed by atoms with E-state index in [1.165, 1.54) is 24.3 Å². The average Bonchev–Trinajstić information content (AvgIpc) is 3.45. The van der Waals surface area contributed by atoms with E-state index in [1.54, 1.807) is 42.5 Å². The topological polar surface area (TPSA) is 148 Å². The molecular weight excluding hydrogens is 512 g/mol. The largest absolute Gasteiger partial charge is 0.376 e. The summed E-state index contributed by atoms with van der Waals surface area (Å²) in [6.45, 7) is 0.357. The number of carbonyl (C=O) groups excluding carboxylic acids is 2. The molecule has 0 unspecified atom stereocenters. The number of nitrogens with zero attached hydrogens (tertiary/aromatic N) is 2. The molecule has 0 aliphatic carbocycles. The quantitative estimate of drug-likeness (QED) is 0.297. The Morgan fingerprint density at radius 3 is 2.34 bits per heavy atom. The average molecular weight is 539 g/mol. The Morgan fingerprint density at radius 1 is 1.00 bits per heavy atom. The summed E-state index contributed by atoms with van der Waals surface area (Å²) in [5.74, 6) is -1.11. The van der Waals surface area contributed by atoms with Crippen LogP contribution >= 0.6 is 0 Å². The molecule has 0 radical (unpaired) electrons. The Hall–Kier alpha value is -4.29. The molecule has 11 nitrogen and oxygen atoms in total. The maximum atomic E-state index is 13.5. The van der Waals surface area contributed by atoms with Crippen molar-refractivity contribution < 1.29 is 27.7 Å². The summed E-state index contributed by atoms with van der Waals surface area (Å²) in [4.78, 5) is 36.3. The van der Waals surface area contributed by atoms with Crippen molar-refractivity contribution in [3.8, 4) is 0 Å². The molecule has 1 fully saturated rings. The molecule has 1 aliphatic rings. The van der Waals surface area contributed by atoms with Gasteiger partial charge in [0.25, 0.3) is 21.6 Å². The van der Waals surface area contributed by atoms with Gasteiger partial charge in [-0.2, -0.15) is 0 Å². The van der Waals surface area contributed by atoms with Crippen molar-refractivity contribution in [1.82, 2.24) is 5.32 Å². The molecule has 1 atom stereocenters. The lowest BCUT2D eigenvalue weighted by atomic mass is 10.1. The zero-order valence-corrected chi connectivity index (χ0v) is 21.1. The van der Waals surface area contributed by atoms with Crippen molar-refractivity contribution >= 4 is 38.9 Å². The maximum Gasteiger partial charge on any atom is 0.269 e. The summed E-state index contributed by atoms with van der Waals surface area (Å²) >= 11 is 0. The van der Waals surface area contributed by atoms with Crippen LogP contribution in [-0.2, 0) is 19.6 Å². The first-order chi connectivity index (χ1) is 18.3. The molecular formula is C26H26N4O7S. The van der Waals surface area contributed by atoms with E-state index in [-0.39, 0.29) is 33.6 Å². The van der Waals surface area contributed by atoms with Crippen molar-refractivity contribution in [2.24, 2.45) is 0 Å². The number of ether oxygens (including phenoxy) is 1. The first-order valence-electron chi connectivity index (χ1n) is 11.9. The number of para-hydroxylation sites is 1. The number of benzene rings is 3. The molecule has 3 aromatic rings. The number of nitro benzene ring substituents is 1. The zero-order chi connectivity index (χ0) is 27.1. The Morgan fingerprint density at radius 2 is 1.68 bits per heavy atom. The molecule has 38 heavy (non-hydrogen) atoms. The van der Waals surface area contributed by atoms with Crippen LogP contribution in [0.5, 0.6) is 0 Å². The van der Waals surface area contributed by atoms with E-state index in [0.717, 1.165) is 29.3 Å². The van der Waals surface area contributed by atoms with Crippen LogP contribution in [0.1, 0.15) is 23.2 Å². The van der Waals surface area contributed by atoms with E-state index in [4.69, 9.17) is 4.74 Å². The molecule has 2 amide bonds. The molecule has 0 spiro atoms. The summed E-state index contributed by atoms with van der Waals surface area (Å²) in [7, 11) is -4.21. The van der Waals surface area contributed by atoms with Gasteiger partial charge in [0.05, 0.1) is 32.9 Å². The Bertz CT molecular complexity index is 1410. The van der Waals surface area contributed by atoms with Crippen molar-refractivity contribution in [2.75, 3.05) is 29.3 Å². The highest BCUT2D eigenvalue weighted by Gasteiger charge is 2.28. The van der Waals surface area contributed by atoms with Crippen LogP contribution in [0.4, 0.5) is 17.1 Å². The summed E-state index contributed by atoms with van der Waals surface area (Å²) < 4.78 is 33.3. The molecule has 1 saturated heterocycles. The molecule has 4 rings (SSSR count). The van der Waals surface area contributed by atoms with Gasteiger partial charge in [-0.25, -0.2) is 8.42 Å². The molecule has 0 saturated carbocycles. The number of carbonyl (C=O) groups is 2. The second-order valence-electron chi connectivity index (χ2n) is 8.54. The number of non-ortho nitro benzene ring substituents is 1. The lowest BCUT2D eigenvalue weighted by Gasteiger charge is -2.24. The number of amides is 2. The number of hydrogen-bond donors (Lipinski definition) is 2. The summed E-state index contributed by atoms with van der Waals surface area (Å²) in [6.07, 6.45) is 1.73. The standard InChI is InChI=1S/C26H26N4O7S/c31-25(28-24-11-5-4-10-23(24)26(32)27-17-21-7-6-16-37-21)18-29(19-12-14-20(15-13-19)30(33)34)38(35,36)22-8-2-1-3-9-22/h1-5,8-15,21H,6-7,16-18H2,(H,27,32)(H,28,31)/t21-/m0/s1. The third-order valence-electron chi connectivity index (χ3n) is 5.93. The smallest absolute Gasteiger partial charge is 0.269 e. The van der Waals surface area contributed by atoms with Crippen molar-refractivity contribution in [2.45, 2.75) is 23.8 Å². The number of nitro groups is 1. The number of nitrogens with one attached hydrogen (secondary N) is 2. The Balaban J connectivity index is 1.56. The van der Waals surface area contributed by atoms with Crippen LogP contribution in [0.3, 0.4) is 0 Å². The Labute approximate surface area is 219 Å². The highest BCUT2D eigenvalue weighted by molar-refractivity contribution is 7.92. The summed E-state index contributed by atoms with van der Waals surface area (Å²) in [5, 5.41) is 16.5. The molecule has 2 N–H and O–H groups in total. The van der Waals surface area contributed by atoms with Crippen LogP contribution in [0.2, 0.25) is 0 Å². The minimum atomic E-state index is -4.21. The molecule has 1 heterocycles. The van der Waals surface area contributed by atoms with E-state index in [9.17, 15) is 28.1 Å². The third-order valence-corrected chi connectivity index (χ3v) is 7.72. The highest BCUT2D eigenvalue weighted by Crippen LogP contribution is 2.26. The lowest BCUT2D eigenvalue weighted by molar-refractivity contribution is -0.384. The fourth-order valence-electron chi connectivity index (χ4n) is 3.99. The molecule has 12 heteroatoms. The van der Waals surface area contributed by atoms with E-state index in [1.807, 2.05) is 0 Å². The lowest BCUT2D eigenvalue weighted by Crippen LogP contribution is -2.38. The van der Waals surface area contributed by atoms with Crippen LogP contribution in [0, 0.1) is 10.1 Å². The number of sulfonamides is 1. The van der Waals surface area contributed by atoms with Gasteiger partial charge in [0, 0.05) is 25.3 Å². The zero-order valence-electron chi connectivity index (χ0n) is 20.3. The SMILES string of the molecule is O=C(CN(c1ccc([N+](=O)[O-])cc1)S(=O)(=O)c1ccccc1)Nc1ccccc1C(=O)NC[C@@H]1CCCO1. The van der Waals surface area contributed by atoms with Crippen molar-refractivity contribution in [1.29, 1.82) is 0 Å². The van der Waals surface area contributed by atoms with Gasteiger partial charge in [-0.05, 0) is 49.2 Å². The predicted molar refractivity (Wildman–Crippen MR) is 140 cm³/mol. The van der Waals surface area contributed by atoms with Crippen LogP contribution < -0.4 is 14.9 Å². The summed E-state index contributed by atoms with van der Waals surface area (Å²) in [6, 6.07) is 18.8. The number of anilines is 2. The van der Waals surface area contributed by atoms with Crippen LogP contribution in [-0.4, -0.2) is 51.0 Å². The molecule has 0 bridgehead atoms. The Kier molecular flexibility index (Phi) is 8.34. The number of rotatable bonds is 10. The molecule has 0 aromatic heterocycles. The number of hydrogen-bond acceptors (Lipinski definition) is 7. The molecule has 3 aromatic carbocycles. The van der Waals surface area contributed by atoms with Gasteiger partial charge in [-0.3, -0.25) is 24.0 Å². The highest BCUT2D eigenvalue weighted by atomic mass is 32.2. The van der Waals surface area contributed by atoms with Gasteiger partial charge >= 0.3 is 0 Å². The van der Waals surface area contributed by atoms with Gasteiger partial charge in [0.15, 0.2) is 0 Å². The minimum Gasteiger partial charge on any atom is -0.376 e. The van der Waals surface area contributed by atoms with Gasteiger partial charge < -0.3 is 15.4 Å². The van der Waals surface area contributed by atoms with Gasteiger partial charge in [0.1, 0.15) is 6.54 Å². The molecule has 1 aliphatic heterocycles. The summed E-state index contributed by atoms with van der Waals surface area (Å²) in [5.41, 5.74) is 0.269.